The zero-order valence-electron chi connectivity index (χ0n) is 13.3. The monoisotopic (exact) mass is 333 g/mol. The average molecular weight is 334 g/mol. The maximum absolute atomic E-state index is 6.08. The number of ether oxygens (including phenoxy) is 2. The van der Waals surface area contributed by atoms with E-state index in [1.807, 2.05) is 31.2 Å². The van der Waals surface area contributed by atoms with Crippen LogP contribution in [0.4, 0.5) is 5.82 Å². The maximum Gasteiger partial charge on any atom is 0.156 e. The van der Waals surface area contributed by atoms with Crippen molar-refractivity contribution in [2.75, 3.05) is 19.0 Å². The molecule has 1 aromatic carbocycles. The van der Waals surface area contributed by atoms with Crippen molar-refractivity contribution in [2.45, 2.75) is 32.4 Å². The summed E-state index contributed by atoms with van der Waals surface area (Å²) in [5.74, 6) is 2.32. The summed E-state index contributed by atoms with van der Waals surface area (Å²) < 4.78 is 10.9. The number of benzene rings is 1. The van der Waals surface area contributed by atoms with Crippen LogP contribution in [-0.2, 0) is 11.3 Å². The zero-order chi connectivity index (χ0) is 16.2. The molecule has 3 rings (SSSR count). The van der Waals surface area contributed by atoms with E-state index in [0.29, 0.717) is 24.1 Å². The van der Waals surface area contributed by atoms with Gasteiger partial charge in [-0.1, -0.05) is 17.7 Å². The Morgan fingerprint density at radius 2 is 2.22 bits per heavy atom. The van der Waals surface area contributed by atoms with Gasteiger partial charge in [0.2, 0.25) is 0 Å². The van der Waals surface area contributed by atoms with Crippen LogP contribution in [0.15, 0.2) is 24.3 Å². The number of anilines is 1. The summed E-state index contributed by atoms with van der Waals surface area (Å²) in [6.07, 6.45) is 1.94. The Kier molecular flexibility index (Phi) is 4.98. The Hall–Kier alpha value is -1.85. The molecule has 1 unspecified atom stereocenters. The number of fused-ring (bicyclic) bond motifs is 1. The van der Waals surface area contributed by atoms with Crippen LogP contribution in [0, 0.1) is 6.92 Å². The van der Waals surface area contributed by atoms with Crippen LogP contribution >= 0.6 is 11.6 Å². The lowest BCUT2D eigenvalue weighted by molar-refractivity contribution is 0.177. The van der Waals surface area contributed by atoms with E-state index in [-0.39, 0.29) is 6.04 Å². The standard InChI is InChI=1S/C17H20ClN3O2/c1-11-8-16(21-17(19-11)10-22-2)20-14-4-3-7-23-15-9-12(18)5-6-13(14)15/h5-6,8-9,14H,3-4,7,10H2,1-2H3,(H,19,20,21). The minimum Gasteiger partial charge on any atom is -0.493 e. The first-order chi connectivity index (χ1) is 11.2. The molecule has 0 bridgehead atoms. The van der Waals surface area contributed by atoms with Crippen LogP contribution in [-0.4, -0.2) is 23.7 Å². The Labute approximate surface area is 141 Å². The predicted molar refractivity (Wildman–Crippen MR) is 90.0 cm³/mol. The van der Waals surface area contributed by atoms with Gasteiger partial charge in [-0.05, 0) is 31.9 Å². The number of aromatic nitrogens is 2. The number of rotatable bonds is 4. The van der Waals surface area contributed by atoms with E-state index < -0.39 is 0 Å². The Balaban J connectivity index is 1.88. The lowest BCUT2D eigenvalue weighted by Gasteiger charge is -2.19. The number of nitrogens with zero attached hydrogens (tertiary/aromatic N) is 2. The van der Waals surface area contributed by atoms with Crippen molar-refractivity contribution in [3.8, 4) is 5.75 Å². The lowest BCUT2D eigenvalue weighted by Crippen LogP contribution is -2.13. The third kappa shape index (κ3) is 3.92. The largest absolute Gasteiger partial charge is 0.493 e. The molecule has 1 aromatic heterocycles. The molecule has 1 aliphatic heterocycles. The molecule has 0 saturated heterocycles. The molecule has 0 radical (unpaired) electrons. The second-order valence-corrected chi connectivity index (χ2v) is 6.05. The SMILES string of the molecule is COCc1nc(C)cc(NC2CCCOc3cc(Cl)ccc32)n1. The summed E-state index contributed by atoms with van der Waals surface area (Å²) in [5, 5.41) is 4.19. The van der Waals surface area contributed by atoms with E-state index in [4.69, 9.17) is 21.1 Å². The molecule has 0 aliphatic carbocycles. The van der Waals surface area contributed by atoms with E-state index in [0.717, 1.165) is 35.7 Å². The third-order valence-electron chi connectivity index (χ3n) is 3.74. The van der Waals surface area contributed by atoms with Crippen molar-refractivity contribution in [1.82, 2.24) is 9.97 Å². The number of hydrogen-bond donors (Lipinski definition) is 1. The number of halogens is 1. The van der Waals surface area contributed by atoms with Crippen molar-refractivity contribution in [3.05, 3.63) is 46.4 Å². The Morgan fingerprint density at radius 3 is 3.04 bits per heavy atom. The molecule has 0 spiro atoms. The van der Waals surface area contributed by atoms with Crippen LogP contribution in [0.25, 0.3) is 0 Å². The second kappa shape index (κ2) is 7.15. The highest BCUT2D eigenvalue weighted by Gasteiger charge is 2.20. The van der Waals surface area contributed by atoms with E-state index in [9.17, 15) is 0 Å². The van der Waals surface area contributed by atoms with Crippen molar-refractivity contribution in [1.29, 1.82) is 0 Å². The Bertz CT molecular complexity index is 694. The van der Waals surface area contributed by atoms with E-state index in [1.165, 1.54) is 0 Å². The molecule has 1 N–H and O–H groups in total. The van der Waals surface area contributed by atoms with Crippen LogP contribution in [0.2, 0.25) is 5.02 Å². The smallest absolute Gasteiger partial charge is 0.156 e. The zero-order valence-corrected chi connectivity index (χ0v) is 14.1. The van der Waals surface area contributed by atoms with Gasteiger partial charge in [-0.2, -0.15) is 0 Å². The summed E-state index contributed by atoms with van der Waals surface area (Å²) in [6, 6.07) is 7.86. The third-order valence-corrected chi connectivity index (χ3v) is 3.98. The molecule has 23 heavy (non-hydrogen) atoms. The van der Waals surface area contributed by atoms with Gasteiger partial charge >= 0.3 is 0 Å². The fourth-order valence-electron chi connectivity index (χ4n) is 2.77. The molecule has 0 saturated carbocycles. The molecule has 2 aromatic rings. The first kappa shape index (κ1) is 16.0. The quantitative estimate of drug-likeness (QED) is 0.919. The Morgan fingerprint density at radius 1 is 1.35 bits per heavy atom. The summed E-state index contributed by atoms with van der Waals surface area (Å²) in [5.41, 5.74) is 2.02. The van der Waals surface area contributed by atoms with Crippen molar-refractivity contribution in [2.24, 2.45) is 0 Å². The summed E-state index contributed by atoms with van der Waals surface area (Å²) in [4.78, 5) is 8.90. The molecule has 0 amide bonds. The van der Waals surface area contributed by atoms with Gasteiger partial charge in [-0.25, -0.2) is 9.97 Å². The highest BCUT2D eigenvalue weighted by atomic mass is 35.5. The van der Waals surface area contributed by atoms with Gasteiger partial charge in [-0.3, -0.25) is 0 Å². The number of methoxy groups -OCH3 is 1. The summed E-state index contributed by atoms with van der Waals surface area (Å²) in [7, 11) is 1.64. The van der Waals surface area contributed by atoms with Gasteiger partial charge in [0.05, 0.1) is 12.6 Å². The van der Waals surface area contributed by atoms with Crippen LogP contribution < -0.4 is 10.1 Å². The first-order valence-corrected chi connectivity index (χ1v) is 8.06. The van der Waals surface area contributed by atoms with Crippen molar-refractivity contribution >= 4 is 17.4 Å². The van der Waals surface area contributed by atoms with Gasteiger partial charge < -0.3 is 14.8 Å². The summed E-state index contributed by atoms with van der Waals surface area (Å²) >= 11 is 6.08. The molecule has 5 nitrogen and oxygen atoms in total. The van der Waals surface area contributed by atoms with E-state index >= 15 is 0 Å². The van der Waals surface area contributed by atoms with Crippen LogP contribution in [0.1, 0.15) is 36.0 Å². The second-order valence-electron chi connectivity index (χ2n) is 5.61. The van der Waals surface area contributed by atoms with Gasteiger partial charge in [-0.15, -0.1) is 0 Å². The van der Waals surface area contributed by atoms with Gasteiger partial charge in [0, 0.05) is 29.5 Å². The minimum absolute atomic E-state index is 0.134. The number of aryl methyl sites for hydroxylation is 1. The van der Waals surface area contributed by atoms with Crippen LogP contribution in [0.5, 0.6) is 5.75 Å². The highest BCUT2D eigenvalue weighted by molar-refractivity contribution is 6.30. The van der Waals surface area contributed by atoms with E-state index in [2.05, 4.69) is 15.3 Å². The number of nitrogens with one attached hydrogen (secondary N) is 1. The molecule has 122 valence electrons. The fourth-order valence-corrected chi connectivity index (χ4v) is 2.93. The first-order valence-electron chi connectivity index (χ1n) is 7.68. The van der Waals surface area contributed by atoms with Gasteiger partial charge in [0.1, 0.15) is 18.2 Å². The van der Waals surface area contributed by atoms with Crippen molar-refractivity contribution in [3.63, 3.8) is 0 Å². The fraction of sp³-hybridized carbons (Fsp3) is 0.412. The lowest BCUT2D eigenvalue weighted by atomic mass is 10.0. The molecular formula is C17H20ClN3O2. The molecule has 1 aliphatic rings. The van der Waals surface area contributed by atoms with Gasteiger partial charge in [0.15, 0.2) is 5.82 Å². The topological polar surface area (TPSA) is 56.3 Å². The number of hydrogen-bond acceptors (Lipinski definition) is 5. The molecule has 2 heterocycles. The molecule has 6 heteroatoms. The highest BCUT2D eigenvalue weighted by Crippen LogP contribution is 2.35. The predicted octanol–water partition coefficient (Wildman–Crippen LogP) is 3.91. The average Bonchev–Trinajstić information content (AvgIpc) is 2.69. The van der Waals surface area contributed by atoms with Crippen molar-refractivity contribution < 1.29 is 9.47 Å². The van der Waals surface area contributed by atoms with E-state index in [1.54, 1.807) is 7.11 Å². The van der Waals surface area contributed by atoms with Crippen LogP contribution in [0.3, 0.4) is 0 Å². The normalized spacial score (nSPS) is 17.1. The minimum atomic E-state index is 0.134. The van der Waals surface area contributed by atoms with Gasteiger partial charge in [0.25, 0.3) is 0 Å². The summed E-state index contributed by atoms with van der Waals surface area (Å²) in [6.45, 7) is 3.05. The molecule has 0 fully saturated rings. The maximum atomic E-state index is 6.08. The molecular weight excluding hydrogens is 314 g/mol. The molecule has 1 atom stereocenters.